The molecule has 0 aliphatic heterocycles. The van der Waals surface area contributed by atoms with Gasteiger partial charge in [0, 0.05) is 6.54 Å². The van der Waals surface area contributed by atoms with Crippen LogP contribution in [-0.2, 0) is 14.3 Å². The average Bonchev–Trinajstić information content (AvgIpc) is 2.12. The van der Waals surface area contributed by atoms with Crippen molar-refractivity contribution in [1.82, 2.24) is 5.32 Å². The molecule has 0 aliphatic carbocycles. The number of halogens is 3. The highest BCUT2D eigenvalue weighted by Crippen LogP contribution is 2.14. The van der Waals surface area contributed by atoms with E-state index in [9.17, 15) is 22.8 Å². The SMILES string of the molecule is O=C(O)COCCNC(=O)OCC(F)(F)F. The summed E-state index contributed by atoms with van der Waals surface area (Å²) in [7, 11) is 0. The molecule has 0 saturated carbocycles. The largest absolute Gasteiger partial charge is 0.480 e. The number of amides is 1. The first-order valence-electron chi connectivity index (χ1n) is 4.08. The molecule has 0 saturated heterocycles. The van der Waals surface area contributed by atoms with E-state index in [-0.39, 0.29) is 13.2 Å². The van der Waals surface area contributed by atoms with Gasteiger partial charge in [0.1, 0.15) is 6.61 Å². The molecule has 0 radical (unpaired) electrons. The Bertz CT molecular complexity index is 243. The second-order valence-corrected chi connectivity index (χ2v) is 2.56. The van der Waals surface area contributed by atoms with Gasteiger partial charge >= 0.3 is 18.2 Å². The minimum atomic E-state index is -4.57. The third kappa shape index (κ3) is 10.6. The molecular formula is C7H10F3NO5. The average molecular weight is 245 g/mol. The summed E-state index contributed by atoms with van der Waals surface area (Å²) < 4.78 is 42.9. The van der Waals surface area contributed by atoms with Crippen molar-refractivity contribution in [3.8, 4) is 0 Å². The van der Waals surface area contributed by atoms with E-state index >= 15 is 0 Å². The van der Waals surface area contributed by atoms with Gasteiger partial charge in [0.15, 0.2) is 6.61 Å². The van der Waals surface area contributed by atoms with E-state index < -0.39 is 31.5 Å². The molecule has 0 aromatic rings. The predicted molar refractivity (Wildman–Crippen MR) is 43.9 cm³/mol. The van der Waals surface area contributed by atoms with E-state index in [1.54, 1.807) is 0 Å². The molecule has 0 bridgehead atoms. The third-order valence-electron chi connectivity index (χ3n) is 1.11. The Kier molecular flexibility index (Phi) is 6.23. The lowest BCUT2D eigenvalue weighted by Crippen LogP contribution is -2.31. The first-order chi connectivity index (χ1) is 7.31. The van der Waals surface area contributed by atoms with Crippen LogP contribution < -0.4 is 5.32 Å². The van der Waals surface area contributed by atoms with Crippen LogP contribution in [0, 0.1) is 0 Å². The molecule has 0 aliphatic rings. The zero-order chi connectivity index (χ0) is 12.6. The quantitative estimate of drug-likeness (QED) is 0.660. The molecule has 0 aromatic carbocycles. The van der Waals surface area contributed by atoms with Gasteiger partial charge in [0.25, 0.3) is 0 Å². The summed E-state index contributed by atoms with van der Waals surface area (Å²) in [5.41, 5.74) is 0. The number of alkyl halides is 3. The maximum Gasteiger partial charge on any atom is 0.422 e. The summed E-state index contributed by atoms with van der Waals surface area (Å²) in [4.78, 5) is 20.5. The molecule has 0 unspecified atom stereocenters. The highest BCUT2D eigenvalue weighted by Gasteiger charge is 2.29. The molecular weight excluding hydrogens is 235 g/mol. The van der Waals surface area contributed by atoms with Gasteiger partial charge in [0.2, 0.25) is 0 Å². The predicted octanol–water partition coefficient (Wildman–Crippen LogP) is 0.376. The molecule has 94 valence electrons. The zero-order valence-electron chi connectivity index (χ0n) is 8.04. The van der Waals surface area contributed by atoms with Crippen molar-refractivity contribution in [2.75, 3.05) is 26.4 Å². The third-order valence-corrected chi connectivity index (χ3v) is 1.11. The van der Waals surface area contributed by atoms with Gasteiger partial charge in [-0.2, -0.15) is 13.2 Å². The normalized spacial score (nSPS) is 10.9. The van der Waals surface area contributed by atoms with Crippen molar-refractivity contribution in [3.63, 3.8) is 0 Å². The lowest BCUT2D eigenvalue weighted by Gasteiger charge is -2.08. The molecule has 0 heterocycles. The first-order valence-corrected chi connectivity index (χ1v) is 4.08. The number of hydrogen-bond donors (Lipinski definition) is 2. The number of rotatable bonds is 6. The molecule has 16 heavy (non-hydrogen) atoms. The number of carboxylic acids is 1. The summed E-state index contributed by atoms with van der Waals surface area (Å²) in [6.45, 7) is -2.48. The first kappa shape index (κ1) is 14.5. The molecule has 0 spiro atoms. The Morgan fingerprint density at radius 2 is 1.94 bits per heavy atom. The Morgan fingerprint density at radius 1 is 1.31 bits per heavy atom. The Morgan fingerprint density at radius 3 is 2.44 bits per heavy atom. The fourth-order valence-electron chi connectivity index (χ4n) is 0.583. The number of carboxylic acid groups (broad SMARTS) is 1. The Labute approximate surface area is 88.3 Å². The van der Waals surface area contributed by atoms with E-state index in [1.807, 2.05) is 5.32 Å². The van der Waals surface area contributed by atoms with Gasteiger partial charge in [-0.1, -0.05) is 0 Å². The van der Waals surface area contributed by atoms with Crippen LogP contribution in [0.15, 0.2) is 0 Å². The topological polar surface area (TPSA) is 84.9 Å². The molecule has 6 nitrogen and oxygen atoms in total. The van der Waals surface area contributed by atoms with Crippen LogP contribution in [0.3, 0.4) is 0 Å². The molecule has 0 aromatic heterocycles. The van der Waals surface area contributed by atoms with Crippen LogP contribution in [0.2, 0.25) is 0 Å². The van der Waals surface area contributed by atoms with Crippen molar-refractivity contribution in [2.24, 2.45) is 0 Å². The summed E-state index contributed by atoms with van der Waals surface area (Å²) in [5.74, 6) is -1.18. The number of alkyl carbamates (subject to hydrolysis) is 1. The van der Waals surface area contributed by atoms with Crippen LogP contribution >= 0.6 is 0 Å². The van der Waals surface area contributed by atoms with Crippen LogP contribution in [0.1, 0.15) is 0 Å². The number of aliphatic carboxylic acids is 1. The van der Waals surface area contributed by atoms with E-state index in [0.717, 1.165) is 0 Å². The summed E-state index contributed by atoms with van der Waals surface area (Å²) in [5, 5.41) is 10.1. The molecule has 0 rings (SSSR count). The number of carbonyl (C=O) groups excluding carboxylic acids is 1. The Hall–Kier alpha value is -1.51. The van der Waals surface area contributed by atoms with Gasteiger partial charge in [-0.15, -0.1) is 0 Å². The maximum absolute atomic E-state index is 11.6. The number of nitrogens with one attached hydrogen (secondary N) is 1. The number of carbonyl (C=O) groups is 2. The van der Waals surface area contributed by atoms with Crippen LogP contribution in [0.5, 0.6) is 0 Å². The monoisotopic (exact) mass is 245 g/mol. The molecule has 0 fully saturated rings. The van der Waals surface area contributed by atoms with Crippen molar-refractivity contribution >= 4 is 12.1 Å². The van der Waals surface area contributed by atoms with Crippen LogP contribution in [0.25, 0.3) is 0 Å². The Balaban J connectivity index is 3.41. The van der Waals surface area contributed by atoms with Gasteiger partial charge in [-0.05, 0) is 0 Å². The van der Waals surface area contributed by atoms with E-state index in [1.165, 1.54) is 0 Å². The van der Waals surface area contributed by atoms with Gasteiger partial charge in [-0.3, -0.25) is 0 Å². The zero-order valence-corrected chi connectivity index (χ0v) is 8.04. The van der Waals surface area contributed by atoms with Gasteiger partial charge in [0.05, 0.1) is 6.61 Å². The van der Waals surface area contributed by atoms with Crippen molar-refractivity contribution in [2.45, 2.75) is 6.18 Å². The van der Waals surface area contributed by atoms with Crippen molar-refractivity contribution in [1.29, 1.82) is 0 Å². The second-order valence-electron chi connectivity index (χ2n) is 2.56. The van der Waals surface area contributed by atoms with Crippen LogP contribution in [-0.4, -0.2) is 49.7 Å². The number of hydrogen-bond acceptors (Lipinski definition) is 4. The van der Waals surface area contributed by atoms with Crippen molar-refractivity contribution < 1.29 is 37.3 Å². The molecule has 1 amide bonds. The standard InChI is InChI=1S/C7H10F3NO5/c8-7(9,10)4-16-6(14)11-1-2-15-3-5(12)13/h1-4H2,(H,11,14)(H,12,13). The molecule has 2 N–H and O–H groups in total. The minimum Gasteiger partial charge on any atom is -0.480 e. The highest BCUT2D eigenvalue weighted by atomic mass is 19.4. The number of ether oxygens (including phenoxy) is 2. The molecule has 9 heteroatoms. The van der Waals surface area contributed by atoms with Gasteiger partial charge < -0.3 is 19.9 Å². The van der Waals surface area contributed by atoms with E-state index in [2.05, 4.69) is 9.47 Å². The fourth-order valence-corrected chi connectivity index (χ4v) is 0.583. The summed E-state index contributed by atoms with van der Waals surface area (Å²) >= 11 is 0. The smallest absolute Gasteiger partial charge is 0.422 e. The lowest BCUT2D eigenvalue weighted by molar-refractivity contribution is -0.160. The second kappa shape index (κ2) is 6.88. The van der Waals surface area contributed by atoms with E-state index in [0.29, 0.717) is 0 Å². The lowest BCUT2D eigenvalue weighted by atomic mass is 10.6. The van der Waals surface area contributed by atoms with Crippen LogP contribution in [0.4, 0.5) is 18.0 Å². The molecule has 0 atom stereocenters. The maximum atomic E-state index is 11.6. The van der Waals surface area contributed by atoms with E-state index in [4.69, 9.17) is 5.11 Å². The van der Waals surface area contributed by atoms with Gasteiger partial charge in [-0.25, -0.2) is 9.59 Å². The summed E-state index contributed by atoms with van der Waals surface area (Å²) in [6.07, 6.45) is -5.81. The fraction of sp³-hybridized carbons (Fsp3) is 0.714. The minimum absolute atomic E-state index is 0.132. The highest BCUT2D eigenvalue weighted by molar-refractivity contribution is 5.68. The van der Waals surface area contributed by atoms with Crippen molar-refractivity contribution in [3.05, 3.63) is 0 Å². The summed E-state index contributed by atoms with van der Waals surface area (Å²) in [6, 6.07) is 0.